The van der Waals surface area contributed by atoms with Crippen LogP contribution in [0.15, 0.2) is 18.6 Å². The van der Waals surface area contributed by atoms with E-state index in [9.17, 15) is 9.18 Å². The number of rotatable bonds is 3. The molecule has 0 bridgehead atoms. The molecule has 8 nitrogen and oxygen atoms in total. The molecule has 1 amide bonds. The third kappa shape index (κ3) is 3.81. The van der Waals surface area contributed by atoms with Crippen molar-refractivity contribution >= 4 is 11.9 Å². The van der Waals surface area contributed by atoms with Crippen molar-refractivity contribution in [2.45, 2.75) is 13.3 Å². The van der Waals surface area contributed by atoms with Crippen molar-refractivity contribution in [3.63, 3.8) is 0 Å². The number of methoxy groups -OCH3 is 1. The standard InChI is InChI=1S/C16H19FN6O2/c1-11-8-19-13(10-18-11)15(24)22-4-3-5-23(7-6-22)16-20-9-12(17)14(21-16)25-2/h8-10H,3-7H2,1-2H3. The van der Waals surface area contributed by atoms with E-state index in [0.717, 1.165) is 18.3 Å². The second-order valence-corrected chi connectivity index (χ2v) is 5.70. The van der Waals surface area contributed by atoms with Crippen LogP contribution in [0, 0.1) is 12.7 Å². The molecule has 0 unspecified atom stereocenters. The topological polar surface area (TPSA) is 84.3 Å². The van der Waals surface area contributed by atoms with Crippen molar-refractivity contribution in [3.05, 3.63) is 35.8 Å². The van der Waals surface area contributed by atoms with Gasteiger partial charge in [0.1, 0.15) is 5.69 Å². The van der Waals surface area contributed by atoms with Gasteiger partial charge < -0.3 is 14.5 Å². The molecule has 2 aromatic rings. The number of aromatic nitrogens is 4. The van der Waals surface area contributed by atoms with Gasteiger partial charge in [0.15, 0.2) is 0 Å². The van der Waals surface area contributed by atoms with Crippen molar-refractivity contribution in [2.75, 3.05) is 38.2 Å². The van der Waals surface area contributed by atoms with Gasteiger partial charge in [0, 0.05) is 32.4 Å². The second-order valence-electron chi connectivity index (χ2n) is 5.70. The van der Waals surface area contributed by atoms with Crippen molar-refractivity contribution < 1.29 is 13.9 Å². The first-order valence-corrected chi connectivity index (χ1v) is 7.98. The maximum Gasteiger partial charge on any atom is 0.274 e. The second kappa shape index (κ2) is 7.37. The van der Waals surface area contributed by atoms with Crippen LogP contribution in [0.3, 0.4) is 0 Å². The van der Waals surface area contributed by atoms with Crippen LogP contribution in [0.25, 0.3) is 0 Å². The number of carbonyl (C=O) groups is 1. The van der Waals surface area contributed by atoms with Gasteiger partial charge in [-0.1, -0.05) is 0 Å². The summed E-state index contributed by atoms with van der Waals surface area (Å²) in [6.07, 6.45) is 4.91. The molecule has 2 aromatic heterocycles. The lowest BCUT2D eigenvalue weighted by Gasteiger charge is -2.22. The monoisotopic (exact) mass is 346 g/mol. The Labute approximate surface area is 144 Å². The third-order valence-corrected chi connectivity index (χ3v) is 3.96. The zero-order valence-electron chi connectivity index (χ0n) is 14.1. The van der Waals surface area contributed by atoms with Gasteiger partial charge in [0.2, 0.25) is 11.8 Å². The summed E-state index contributed by atoms with van der Waals surface area (Å²) >= 11 is 0. The average molecular weight is 346 g/mol. The van der Waals surface area contributed by atoms with Gasteiger partial charge in [-0.05, 0) is 13.3 Å². The van der Waals surface area contributed by atoms with Gasteiger partial charge in [-0.3, -0.25) is 9.78 Å². The van der Waals surface area contributed by atoms with Crippen molar-refractivity contribution in [1.29, 1.82) is 0 Å². The van der Waals surface area contributed by atoms with Gasteiger partial charge in [-0.25, -0.2) is 9.97 Å². The van der Waals surface area contributed by atoms with Crippen molar-refractivity contribution in [1.82, 2.24) is 24.8 Å². The molecule has 1 aliphatic heterocycles. The SMILES string of the molecule is COc1nc(N2CCCN(C(=O)c3cnc(C)cn3)CC2)ncc1F. The number of amides is 1. The van der Waals surface area contributed by atoms with E-state index in [1.54, 1.807) is 11.1 Å². The Bertz CT molecular complexity index is 755. The Morgan fingerprint density at radius 2 is 1.96 bits per heavy atom. The van der Waals surface area contributed by atoms with Gasteiger partial charge >= 0.3 is 0 Å². The quantitative estimate of drug-likeness (QED) is 0.822. The number of hydrogen-bond acceptors (Lipinski definition) is 7. The van der Waals surface area contributed by atoms with Crippen LogP contribution in [-0.4, -0.2) is 64.0 Å². The maximum absolute atomic E-state index is 13.5. The summed E-state index contributed by atoms with van der Waals surface area (Å²) < 4.78 is 18.4. The van der Waals surface area contributed by atoms with Gasteiger partial charge in [0.25, 0.3) is 11.8 Å². The van der Waals surface area contributed by atoms with Crippen molar-refractivity contribution in [3.8, 4) is 5.88 Å². The molecule has 1 aliphatic rings. The zero-order valence-corrected chi connectivity index (χ0v) is 14.1. The van der Waals surface area contributed by atoms with E-state index in [0.29, 0.717) is 37.8 Å². The normalized spacial score (nSPS) is 15.0. The molecule has 0 aromatic carbocycles. The van der Waals surface area contributed by atoms with E-state index in [1.165, 1.54) is 13.3 Å². The van der Waals surface area contributed by atoms with E-state index < -0.39 is 5.82 Å². The predicted octanol–water partition coefficient (Wildman–Crippen LogP) is 1.08. The fraction of sp³-hybridized carbons (Fsp3) is 0.438. The molecule has 1 saturated heterocycles. The molecular formula is C16H19FN6O2. The molecule has 132 valence electrons. The molecule has 0 atom stereocenters. The van der Waals surface area contributed by atoms with Crippen molar-refractivity contribution in [2.24, 2.45) is 0 Å². The first-order valence-electron chi connectivity index (χ1n) is 7.98. The van der Waals surface area contributed by atoms with E-state index in [1.807, 2.05) is 11.8 Å². The largest absolute Gasteiger partial charge is 0.479 e. The molecule has 25 heavy (non-hydrogen) atoms. The van der Waals surface area contributed by atoms with Gasteiger partial charge in [-0.2, -0.15) is 9.37 Å². The molecule has 3 heterocycles. The van der Waals surface area contributed by atoms with Crippen LogP contribution < -0.4 is 9.64 Å². The minimum absolute atomic E-state index is 0.0860. The number of carbonyl (C=O) groups excluding carboxylic acids is 1. The molecule has 1 fully saturated rings. The molecule has 3 rings (SSSR count). The number of nitrogens with zero attached hydrogens (tertiary/aromatic N) is 6. The number of halogens is 1. The number of aryl methyl sites for hydroxylation is 1. The lowest BCUT2D eigenvalue weighted by molar-refractivity contribution is 0.0760. The summed E-state index contributed by atoms with van der Waals surface area (Å²) in [4.78, 5) is 32.6. The third-order valence-electron chi connectivity index (χ3n) is 3.96. The minimum atomic E-state index is -0.601. The number of anilines is 1. The molecule has 0 N–H and O–H groups in total. The molecule has 0 radical (unpaired) electrons. The van der Waals surface area contributed by atoms with E-state index in [-0.39, 0.29) is 11.8 Å². The predicted molar refractivity (Wildman–Crippen MR) is 88.0 cm³/mol. The molecule has 9 heteroatoms. The lowest BCUT2D eigenvalue weighted by Crippen LogP contribution is -2.36. The lowest BCUT2D eigenvalue weighted by atomic mass is 10.3. The summed E-state index contributed by atoms with van der Waals surface area (Å²) in [5, 5.41) is 0. The van der Waals surface area contributed by atoms with Gasteiger partial charge in [-0.15, -0.1) is 0 Å². The smallest absolute Gasteiger partial charge is 0.274 e. The van der Waals surface area contributed by atoms with E-state index >= 15 is 0 Å². The van der Waals surface area contributed by atoms with E-state index in [2.05, 4.69) is 19.9 Å². The molecule has 0 saturated carbocycles. The molecular weight excluding hydrogens is 327 g/mol. The Morgan fingerprint density at radius 3 is 2.68 bits per heavy atom. The average Bonchev–Trinajstić information content (AvgIpc) is 2.88. The number of ether oxygens (including phenoxy) is 1. The maximum atomic E-state index is 13.5. The van der Waals surface area contributed by atoms with Crippen LogP contribution in [0.2, 0.25) is 0 Å². The highest BCUT2D eigenvalue weighted by molar-refractivity contribution is 5.92. The Balaban J connectivity index is 1.70. The van der Waals surface area contributed by atoms with Crippen LogP contribution in [0.5, 0.6) is 5.88 Å². The fourth-order valence-corrected chi connectivity index (χ4v) is 2.62. The first-order chi connectivity index (χ1) is 12.1. The summed E-state index contributed by atoms with van der Waals surface area (Å²) in [6, 6.07) is 0. The Morgan fingerprint density at radius 1 is 1.12 bits per heavy atom. The summed E-state index contributed by atoms with van der Waals surface area (Å²) in [6.45, 7) is 4.13. The summed E-state index contributed by atoms with van der Waals surface area (Å²) in [5.41, 5.74) is 1.10. The van der Waals surface area contributed by atoms with E-state index in [4.69, 9.17) is 4.74 Å². The highest BCUT2D eigenvalue weighted by atomic mass is 19.1. The summed E-state index contributed by atoms with van der Waals surface area (Å²) in [7, 11) is 1.36. The van der Waals surface area contributed by atoms with Crippen LogP contribution in [0.1, 0.15) is 22.6 Å². The number of hydrogen-bond donors (Lipinski definition) is 0. The Hall–Kier alpha value is -2.84. The van der Waals surface area contributed by atoms with Crippen LogP contribution in [-0.2, 0) is 0 Å². The zero-order chi connectivity index (χ0) is 17.8. The van der Waals surface area contributed by atoms with Crippen LogP contribution in [0.4, 0.5) is 10.3 Å². The minimum Gasteiger partial charge on any atom is -0.479 e. The Kier molecular flexibility index (Phi) is 5.01. The first kappa shape index (κ1) is 17.0. The summed E-state index contributed by atoms with van der Waals surface area (Å²) in [5.74, 6) is -0.442. The fourth-order valence-electron chi connectivity index (χ4n) is 2.62. The van der Waals surface area contributed by atoms with Gasteiger partial charge in [0.05, 0.1) is 25.2 Å². The molecule has 0 spiro atoms. The highest BCUT2D eigenvalue weighted by Crippen LogP contribution is 2.18. The van der Waals surface area contributed by atoms with Crippen LogP contribution >= 0.6 is 0 Å². The molecule has 0 aliphatic carbocycles. The highest BCUT2D eigenvalue weighted by Gasteiger charge is 2.23.